The van der Waals surface area contributed by atoms with E-state index in [-0.39, 0.29) is 19.4 Å². The number of rotatable bonds is 7. The molecule has 0 radical (unpaired) electrons. The number of hydrogen-bond acceptors (Lipinski definition) is 8. The van der Waals surface area contributed by atoms with Crippen LogP contribution in [0.15, 0.2) is 12.2 Å². The number of amides is 2. The summed E-state index contributed by atoms with van der Waals surface area (Å²) in [5.41, 5.74) is -6.51. The average Bonchev–Trinajstić information content (AvgIpc) is 2.87. The van der Waals surface area contributed by atoms with Gasteiger partial charge in [-0.1, -0.05) is 26.0 Å². The lowest BCUT2D eigenvalue weighted by molar-refractivity contribution is -0.359. The highest BCUT2D eigenvalue weighted by molar-refractivity contribution is 5.90. The second-order valence-electron chi connectivity index (χ2n) is 9.60. The Hall–Kier alpha value is -1.85. The van der Waals surface area contributed by atoms with Gasteiger partial charge in [-0.05, 0) is 26.7 Å². The number of carbonyl (C=O) groups is 3. The van der Waals surface area contributed by atoms with Gasteiger partial charge in [-0.3, -0.25) is 9.59 Å². The van der Waals surface area contributed by atoms with E-state index in [0.29, 0.717) is 6.29 Å². The van der Waals surface area contributed by atoms with Crippen molar-refractivity contribution in [2.75, 3.05) is 13.7 Å². The van der Waals surface area contributed by atoms with E-state index in [4.69, 9.17) is 4.74 Å². The Kier molecular flexibility index (Phi) is 7.04. The molecule has 0 aromatic heterocycles. The first-order valence-corrected chi connectivity index (χ1v) is 10.3. The summed E-state index contributed by atoms with van der Waals surface area (Å²) < 4.78 is 5.22. The maximum atomic E-state index is 12.9. The molecule has 1 saturated carbocycles. The first kappa shape index (κ1) is 25.4. The Bertz CT molecular complexity index is 752. The topological polar surface area (TPSA) is 165 Å². The highest BCUT2D eigenvalue weighted by Gasteiger charge is 2.78. The lowest BCUT2D eigenvalue weighted by Crippen LogP contribution is -2.86. The van der Waals surface area contributed by atoms with Crippen molar-refractivity contribution >= 4 is 18.1 Å². The predicted molar refractivity (Wildman–Crippen MR) is 110 cm³/mol. The van der Waals surface area contributed by atoms with Crippen molar-refractivity contribution in [1.82, 2.24) is 10.6 Å². The summed E-state index contributed by atoms with van der Waals surface area (Å²) >= 11 is 0. The molecule has 0 unspecified atom stereocenters. The predicted octanol–water partition coefficient (Wildman–Crippen LogP) is -1.60. The fourth-order valence-electron chi connectivity index (χ4n) is 4.22. The minimum Gasteiger partial charge on any atom is -0.391 e. The Morgan fingerprint density at radius 2 is 1.90 bits per heavy atom. The van der Waals surface area contributed by atoms with Crippen molar-refractivity contribution in [2.24, 2.45) is 10.8 Å². The second kappa shape index (κ2) is 8.59. The van der Waals surface area contributed by atoms with Crippen LogP contribution in [0.5, 0.6) is 0 Å². The minimum absolute atomic E-state index is 0.0745. The van der Waals surface area contributed by atoms with Crippen LogP contribution < -0.4 is 10.6 Å². The molecule has 0 aromatic rings. The van der Waals surface area contributed by atoms with Gasteiger partial charge in [0.05, 0.1) is 6.10 Å². The van der Waals surface area contributed by atoms with Crippen LogP contribution in [0.4, 0.5) is 0 Å². The molecule has 10 heteroatoms. The van der Waals surface area contributed by atoms with Gasteiger partial charge in [0.1, 0.15) is 29.6 Å². The van der Waals surface area contributed by atoms with Crippen molar-refractivity contribution in [3.05, 3.63) is 12.2 Å². The van der Waals surface area contributed by atoms with Crippen LogP contribution in [0.2, 0.25) is 0 Å². The zero-order chi connectivity index (χ0) is 23.8. The molecule has 6 N–H and O–H groups in total. The zero-order valence-electron chi connectivity index (χ0n) is 18.6. The molecular formula is C21H34N2O8. The fraction of sp³-hybridized carbons (Fsp3) is 0.762. The van der Waals surface area contributed by atoms with E-state index < -0.39 is 58.2 Å². The third-order valence-corrected chi connectivity index (χ3v) is 6.71. The highest BCUT2D eigenvalue weighted by Crippen LogP contribution is 2.60. The van der Waals surface area contributed by atoms with Gasteiger partial charge >= 0.3 is 0 Å². The van der Waals surface area contributed by atoms with Crippen LogP contribution >= 0.6 is 0 Å². The van der Waals surface area contributed by atoms with Gasteiger partial charge in [0.25, 0.3) is 5.91 Å². The van der Waals surface area contributed by atoms with E-state index in [0.717, 1.165) is 0 Å². The molecule has 31 heavy (non-hydrogen) atoms. The van der Waals surface area contributed by atoms with Crippen LogP contribution in [0.3, 0.4) is 0 Å². The maximum absolute atomic E-state index is 12.9. The summed E-state index contributed by atoms with van der Waals surface area (Å²) in [6, 6.07) is -0.946. The first-order valence-electron chi connectivity index (χ1n) is 10.3. The summed E-state index contributed by atoms with van der Waals surface area (Å²) in [6.07, 6.45) is -0.307. The number of allylic oxidation sites excluding steroid dienone is 1. The number of aldehydes is 1. The monoisotopic (exact) mass is 442 g/mol. The number of aliphatic hydroxyl groups is 4. The number of hydrogen-bond donors (Lipinski definition) is 6. The molecule has 1 heterocycles. The van der Waals surface area contributed by atoms with Crippen LogP contribution in [-0.2, 0) is 19.1 Å². The van der Waals surface area contributed by atoms with E-state index in [1.807, 2.05) is 0 Å². The molecule has 0 aromatic carbocycles. The van der Waals surface area contributed by atoms with Crippen LogP contribution in [0, 0.1) is 10.8 Å². The Balaban J connectivity index is 2.27. The summed E-state index contributed by atoms with van der Waals surface area (Å²) in [4.78, 5) is 36.3. The Morgan fingerprint density at radius 1 is 1.29 bits per heavy atom. The number of methoxy groups -OCH3 is 1. The van der Waals surface area contributed by atoms with E-state index in [9.17, 15) is 34.8 Å². The van der Waals surface area contributed by atoms with Crippen molar-refractivity contribution in [1.29, 1.82) is 0 Å². The quantitative estimate of drug-likeness (QED) is 0.203. The molecule has 2 aliphatic rings. The standard InChI is InChI=1S/C21H34N2O8/c1-18(2,11-24)8-9-20(29)17(28)21(30,19(20,3)4)14(31-5)16(27)23-13-7-6-12(25)10-22-15(13)26/h8-9,11-14,17,25,28-30H,6-7,10H2,1-5H3,(H,22,26)(H,23,27)/b9-8+/t12-,13+,14+,17+,20+,21+/m1/s1. The van der Waals surface area contributed by atoms with Gasteiger partial charge in [0.2, 0.25) is 5.91 Å². The van der Waals surface area contributed by atoms with Crippen molar-refractivity contribution in [2.45, 2.75) is 76.1 Å². The van der Waals surface area contributed by atoms with E-state index in [1.54, 1.807) is 13.8 Å². The van der Waals surface area contributed by atoms with Gasteiger partial charge in [0.15, 0.2) is 6.10 Å². The Morgan fingerprint density at radius 3 is 2.42 bits per heavy atom. The average molecular weight is 443 g/mol. The van der Waals surface area contributed by atoms with Gasteiger partial charge in [0, 0.05) is 24.5 Å². The molecular weight excluding hydrogens is 408 g/mol. The summed E-state index contributed by atoms with van der Waals surface area (Å²) in [5, 5.41) is 47.9. The number of aliphatic hydroxyl groups excluding tert-OH is 2. The molecule has 1 saturated heterocycles. The van der Waals surface area contributed by atoms with Crippen molar-refractivity contribution in [3.8, 4) is 0 Å². The second-order valence-corrected chi connectivity index (χ2v) is 9.60. The van der Waals surface area contributed by atoms with Crippen molar-refractivity contribution in [3.63, 3.8) is 0 Å². The Labute approximate surface area is 181 Å². The van der Waals surface area contributed by atoms with Gasteiger partial charge < -0.3 is 40.6 Å². The smallest absolute Gasteiger partial charge is 0.252 e. The number of β-amino-alcohol motifs (C(OH)–C–C–N with tert-alkyl or cyclic N) is 1. The SMILES string of the molecule is CO[C@@H](C(=O)N[C@H]1CC[C@@H](O)CNC1=O)[C@]1(O)[C@@H](O)[C@@](O)(/C=C/C(C)(C)C=O)C1(C)C. The highest BCUT2D eigenvalue weighted by atomic mass is 16.5. The number of nitrogens with one attached hydrogen (secondary N) is 2. The van der Waals surface area contributed by atoms with Gasteiger partial charge in [-0.15, -0.1) is 0 Å². The van der Waals surface area contributed by atoms with Gasteiger partial charge in [-0.25, -0.2) is 0 Å². The first-order chi connectivity index (χ1) is 14.2. The van der Waals surface area contributed by atoms with Crippen LogP contribution in [-0.4, -0.2) is 87.7 Å². The number of ether oxygens (including phenoxy) is 1. The van der Waals surface area contributed by atoms with Crippen molar-refractivity contribution < 1.29 is 39.5 Å². The third kappa shape index (κ3) is 4.14. The van der Waals surface area contributed by atoms with E-state index in [1.165, 1.54) is 33.1 Å². The van der Waals surface area contributed by atoms with E-state index in [2.05, 4.69) is 10.6 Å². The lowest BCUT2D eigenvalue weighted by Gasteiger charge is -2.67. The zero-order valence-corrected chi connectivity index (χ0v) is 18.6. The largest absolute Gasteiger partial charge is 0.391 e. The summed E-state index contributed by atoms with van der Waals surface area (Å²) in [7, 11) is 1.17. The molecule has 10 nitrogen and oxygen atoms in total. The molecule has 2 rings (SSSR count). The van der Waals surface area contributed by atoms with E-state index >= 15 is 0 Å². The van der Waals surface area contributed by atoms with Crippen LogP contribution in [0.25, 0.3) is 0 Å². The van der Waals surface area contributed by atoms with Crippen LogP contribution in [0.1, 0.15) is 40.5 Å². The molecule has 6 atom stereocenters. The molecule has 176 valence electrons. The molecule has 1 aliphatic carbocycles. The third-order valence-electron chi connectivity index (χ3n) is 6.71. The molecule has 1 aliphatic heterocycles. The maximum Gasteiger partial charge on any atom is 0.252 e. The fourth-order valence-corrected chi connectivity index (χ4v) is 4.22. The molecule has 0 spiro atoms. The summed E-state index contributed by atoms with van der Waals surface area (Å²) in [5.74, 6) is -1.32. The van der Waals surface area contributed by atoms with Gasteiger partial charge in [-0.2, -0.15) is 0 Å². The normalized spacial score (nSPS) is 36.8. The molecule has 2 fully saturated rings. The minimum atomic E-state index is -2.20. The lowest BCUT2D eigenvalue weighted by atomic mass is 9.44. The molecule has 2 amide bonds. The number of carbonyl (C=O) groups excluding carboxylic acids is 3. The summed E-state index contributed by atoms with van der Waals surface area (Å²) in [6.45, 7) is 6.23. The molecule has 0 bridgehead atoms.